The van der Waals surface area contributed by atoms with E-state index in [1.807, 2.05) is 36.6 Å². The largest absolute Gasteiger partial charge is 0.345 e. The summed E-state index contributed by atoms with van der Waals surface area (Å²) < 4.78 is 0. The average molecular weight is 451 g/mol. The second-order valence-corrected chi connectivity index (χ2v) is 7.97. The van der Waals surface area contributed by atoms with Gasteiger partial charge in [-0.25, -0.2) is 0 Å². The minimum Gasteiger partial charge on any atom is -0.345 e. The van der Waals surface area contributed by atoms with Crippen LogP contribution in [0.4, 0.5) is 0 Å². The van der Waals surface area contributed by atoms with Crippen LogP contribution < -0.4 is 21.3 Å². The first-order chi connectivity index (χ1) is 14.8. The normalized spacial score (nSPS) is 13.3. The molecule has 0 saturated heterocycles. The van der Waals surface area contributed by atoms with Crippen LogP contribution in [-0.4, -0.2) is 66.6 Å². The van der Waals surface area contributed by atoms with E-state index in [1.165, 1.54) is 13.8 Å². The van der Waals surface area contributed by atoms with Crippen molar-refractivity contribution in [3.05, 3.63) is 35.9 Å². The molecule has 1 rings (SSSR count). The lowest BCUT2D eigenvalue weighted by molar-refractivity contribution is -0.131. The summed E-state index contributed by atoms with van der Waals surface area (Å²) in [5.41, 5.74) is 0.859. The third kappa shape index (κ3) is 10.6. The van der Waals surface area contributed by atoms with E-state index in [1.54, 1.807) is 11.8 Å². The highest BCUT2D eigenvalue weighted by atomic mass is 32.2. The van der Waals surface area contributed by atoms with Crippen molar-refractivity contribution < 1.29 is 24.0 Å². The molecule has 170 valence electrons. The number of hydrogen-bond donors (Lipinski definition) is 4. The molecule has 31 heavy (non-hydrogen) atoms. The van der Waals surface area contributed by atoms with Gasteiger partial charge in [0.25, 0.3) is 0 Å². The third-order valence-electron chi connectivity index (χ3n) is 4.30. The summed E-state index contributed by atoms with van der Waals surface area (Å²) in [6.45, 7) is 2.44. The second-order valence-electron chi connectivity index (χ2n) is 6.98. The molecule has 1 aromatic rings. The van der Waals surface area contributed by atoms with Gasteiger partial charge < -0.3 is 26.1 Å². The van der Waals surface area contributed by atoms with Gasteiger partial charge in [0.05, 0.1) is 12.6 Å². The lowest BCUT2D eigenvalue weighted by Crippen LogP contribution is -2.52. The first kappa shape index (κ1) is 26.2. The Labute approximate surface area is 186 Å². The van der Waals surface area contributed by atoms with Crippen LogP contribution in [0.5, 0.6) is 0 Å². The van der Waals surface area contributed by atoms with Crippen LogP contribution in [-0.2, 0) is 30.4 Å². The summed E-state index contributed by atoms with van der Waals surface area (Å²) in [5, 5.41) is 10.1. The maximum atomic E-state index is 12.5. The number of amides is 4. The van der Waals surface area contributed by atoms with Crippen molar-refractivity contribution in [2.75, 3.05) is 18.6 Å². The number of benzene rings is 1. The van der Waals surface area contributed by atoms with E-state index in [4.69, 9.17) is 0 Å². The van der Waals surface area contributed by atoms with Gasteiger partial charge in [-0.1, -0.05) is 30.3 Å². The van der Waals surface area contributed by atoms with Gasteiger partial charge in [-0.3, -0.25) is 19.2 Å². The molecule has 0 bridgehead atoms. The fourth-order valence-electron chi connectivity index (χ4n) is 2.68. The molecule has 3 atom stereocenters. The van der Waals surface area contributed by atoms with E-state index >= 15 is 0 Å². The van der Waals surface area contributed by atoms with E-state index in [2.05, 4.69) is 21.3 Å². The zero-order chi connectivity index (χ0) is 23.2. The van der Waals surface area contributed by atoms with Crippen LogP contribution >= 0.6 is 11.8 Å². The van der Waals surface area contributed by atoms with E-state index in [0.717, 1.165) is 11.3 Å². The topological polar surface area (TPSA) is 133 Å². The molecule has 1 aromatic carbocycles. The van der Waals surface area contributed by atoms with Crippen molar-refractivity contribution in [2.45, 2.75) is 44.8 Å². The molecule has 10 heteroatoms. The molecule has 0 heterocycles. The number of hydrogen-bond acceptors (Lipinski definition) is 6. The molecule has 9 nitrogen and oxygen atoms in total. The van der Waals surface area contributed by atoms with Gasteiger partial charge in [0.2, 0.25) is 23.6 Å². The van der Waals surface area contributed by atoms with Crippen molar-refractivity contribution in [1.29, 1.82) is 0 Å². The van der Waals surface area contributed by atoms with E-state index in [9.17, 15) is 24.0 Å². The van der Waals surface area contributed by atoms with Crippen molar-refractivity contribution >= 4 is 41.7 Å². The number of rotatable bonds is 13. The molecule has 0 spiro atoms. The first-order valence-electron chi connectivity index (χ1n) is 9.89. The molecule has 0 aliphatic rings. The van der Waals surface area contributed by atoms with Crippen molar-refractivity contribution in [1.82, 2.24) is 21.3 Å². The van der Waals surface area contributed by atoms with Crippen molar-refractivity contribution in [2.24, 2.45) is 0 Å². The maximum absolute atomic E-state index is 12.5. The van der Waals surface area contributed by atoms with Crippen molar-refractivity contribution in [3.8, 4) is 0 Å². The Morgan fingerprint density at radius 3 is 2.29 bits per heavy atom. The van der Waals surface area contributed by atoms with Gasteiger partial charge in [-0.2, -0.15) is 11.8 Å². The maximum Gasteiger partial charge on any atom is 0.243 e. The van der Waals surface area contributed by atoms with Gasteiger partial charge in [-0.15, -0.1) is 0 Å². The zero-order valence-electron chi connectivity index (χ0n) is 18.0. The number of thioether (sulfide) groups is 1. The molecule has 0 unspecified atom stereocenters. The summed E-state index contributed by atoms with van der Waals surface area (Å²) in [4.78, 5) is 59.2. The quantitative estimate of drug-likeness (QED) is 0.307. The smallest absolute Gasteiger partial charge is 0.243 e. The Morgan fingerprint density at radius 1 is 1.03 bits per heavy atom. The Morgan fingerprint density at radius 2 is 1.71 bits per heavy atom. The van der Waals surface area contributed by atoms with Crippen molar-refractivity contribution in [3.63, 3.8) is 0 Å². The van der Waals surface area contributed by atoms with Gasteiger partial charge in [0.1, 0.15) is 18.4 Å². The summed E-state index contributed by atoms with van der Waals surface area (Å²) in [7, 11) is 0. The van der Waals surface area contributed by atoms with Crippen LogP contribution in [0.15, 0.2) is 30.3 Å². The lowest BCUT2D eigenvalue weighted by atomic mass is 10.1. The molecule has 0 aromatic heterocycles. The number of carbonyl (C=O) groups is 5. The highest BCUT2D eigenvalue weighted by Gasteiger charge is 2.22. The molecule has 0 aliphatic heterocycles. The molecular formula is C21H30N4O5S. The highest BCUT2D eigenvalue weighted by Crippen LogP contribution is 2.04. The van der Waals surface area contributed by atoms with E-state index in [0.29, 0.717) is 12.7 Å². The molecule has 4 amide bonds. The van der Waals surface area contributed by atoms with E-state index < -0.39 is 35.8 Å². The molecular weight excluding hydrogens is 420 g/mol. The van der Waals surface area contributed by atoms with Crippen LogP contribution in [0.2, 0.25) is 0 Å². The average Bonchev–Trinajstić information content (AvgIpc) is 2.74. The zero-order valence-corrected chi connectivity index (χ0v) is 18.8. The van der Waals surface area contributed by atoms with Crippen LogP contribution in [0.25, 0.3) is 0 Å². The minimum atomic E-state index is -0.878. The fourth-order valence-corrected chi connectivity index (χ4v) is 3.17. The molecule has 0 fully saturated rings. The minimum absolute atomic E-state index is 0.274. The molecule has 0 saturated carbocycles. The number of aldehydes is 1. The predicted molar refractivity (Wildman–Crippen MR) is 119 cm³/mol. The summed E-state index contributed by atoms with van der Waals surface area (Å²) in [6.07, 6.45) is 3.34. The molecule has 4 N–H and O–H groups in total. The van der Waals surface area contributed by atoms with Gasteiger partial charge in [0, 0.05) is 13.3 Å². The van der Waals surface area contributed by atoms with E-state index in [-0.39, 0.29) is 18.9 Å². The Balaban J connectivity index is 2.54. The summed E-state index contributed by atoms with van der Waals surface area (Å²) in [6, 6.07) is 6.84. The lowest BCUT2D eigenvalue weighted by Gasteiger charge is -2.19. The predicted octanol–water partition coefficient (Wildman–Crippen LogP) is -0.208. The molecule has 0 radical (unpaired) electrons. The number of carbonyl (C=O) groups excluding carboxylic acids is 5. The van der Waals surface area contributed by atoms with Crippen LogP contribution in [0.1, 0.15) is 25.8 Å². The molecule has 0 aliphatic carbocycles. The fraction of sp³-hybridized carbons (Fsp3) is 0.476. The second kappa shape index (κ2) is 14.2. The van der Waals surface area contributed by atoms with Gasteiger partial charge in [-0.05, 0) is 30.9 Å². The van der Waals surface area contributed by atoms with Gasteiger partial charge >= 0.3 is 0 Å². The number of nitrogens with one attached hydrogen (secondary N) is 4. The Hall–Kier alpha value is -2.88. The first-order valence-corrected chi connectivity index (χ1v) is 11.3. The Kier molecular flexibility index (Phi) is 12.0. The highest BCUT2D eigenvalue weighted by molar-refractivity contribution is 7.98. The summed E-state index contributed by atoms with van der Waals surface area (Å²) >= 11 is 1.56. The SMILES string of the molecule is CSCC[C@@H](C=O)NC(=O)[C@H](C)NC(=O)CNC(=O)[C@H](Cc1ccccc1)NC(C)=O. The van der Waals surface area contributed by atoms with Crippen LogP contribution in [0.3, 0.4) is 0 Å². The van der Waals surface area contributed by atoms with Gasteiger partial charge in [0.15, 0.2) is 0 Å². The Bertz CT molecular complexity index is 759. The standard InChI is InChI=1S/C21H30N4O5S/c1-14(20(29)25-17(13-26)9-10-31-3)23-19(28)12-22-21(30)18(24-15(2)27)11-16-7-5-4-6-8-16/h4-8,13-14,17-18H,9-12H2,1-3H3,(H,22,30)(H,23,28)(H,24,27)(H,25,29)/t14-,17-,18-/m0/s1. The summed E-state index contributed by atoms with van der Waals surface area (Å²) in [5.74, 6) is -1.21. The monoisotopic (exact) mass is 450 g/mol. The van der Waals surface area contributed by atoms with Crippen LogP contribution in [0, 0.1) is 0 Å². The third-order valence-corrected chi connectivity index (χ3v) is 4.94.